The molecule has 1 aromatic carbocycles. The van der Waals surface area contributed by atoms with Crippen molar-refractivity contribution >= 4 is 17.0 Å². The van der Waals surface area contributed by atoms with Gasteiger partial charge in [0.25, 0.3) is 5.91 Å². The maximum absolute atomic E-state index is 12.7. The highest BCUT2D eigenvalue weighted by atomic mass is 16.4. The molecule has 1 amide bonds. The Bertz CT molecular complexity index is 749. The Morgan fingerprint density at radius 1 is 1.23 bits per heavy atom. The predicted octanol–water partition coefficient (Wildman–Crippen LogP) is 2.97. The van der Waals surface area contributed by atoms with Crippen LogP contribution in [-0.2, 0) is 7.05 Å². The van der Waals surface area contributed by atoms with Gasteiger partial charge >= 0.3 is 5.76 Å². The number of aryl methyl sites for hydroxylation is 1. The molecule has 1 aliphatic rings. The summed E-state index contributed by atoms with van der Waals surface area (Å²) in [6.45, 7) is 2.11. The smallest absolute Gasteiger partial charge is 0.407 e. The number of para-hydroxylation sites is 1. The van der Waals surface area contributed by atoms with Gasteiger partial charge in [-0.2, -0.15) is 0 Å². The topological polar surface area (TPSA) is 64.2 Å². The third-order valence-electron chi connectivity index (χ3n) is 4.69. The first-order valence-corrected chi connectivity index (χ1v) is 7.91. The van der Waals surface area contributed by atoms with Crippen molar-refractivity contribution < 1.29 is 9.21 Å². The van der Waals surface area contributed by atoms with Crippen molar-refractivity contribution in [1.29, 1.82) is 0 Å². The summed E-state index contributed by atoms with van der Waals surface area (Å²) < 4.78 is 6.66. The molecule has 1 heterocycles. The second-order valence-corrected chi connectivity index (χ2v) is 6.51. The van der Waals surface area contributed by atoms with Gasteiger partial charge in [0.2, 0.25) is 0 Å². The molecular weight excluding hydrogens is 280 g/mol. The number of nitrogens with one attached hydrogen (secondary N) is 1. The molecule has 3 rings (SSSR count). The number of aromatic nitrogens is 1. The summed E-state index contributed by atoms with van der Waals surface area (Å²) >= 11 is 0. The molecule has 5 heteroatoms. The first-order chi connectivity index (χ1) is 10.5. The van der Waals surface area contributed by atoms with Crippen LogP contribution in [-0.4, -0.2) is 16.0 Å². The summed E-state index contributed by atoms with van der Waals surface area (Å²) in [5.41, 5.74) is 1.26. The average molecular weight is 302 g/mol. The van der Waals surface area contributed by atoms with Crippen LogP contribution in [0.25, 0.3) is 11.1 Å². The lowest BCUT2D eigenvalue weighted by atomic mass is 9.92. The van der Waals surface area contributed by atoms with E-state index in [2.05, 4.69) is 12.2 Å². The van der Waals surface area contributed by atoms with E-state index in [4.69, 9.17) is 4.42 Å². The van der Waals surface area contributed by atoms with E-state index >= 15 is 0 Å². The van der Waals surface area contributed by atoms with Gasteiger partial charge in [-0.25, -0.2) is 4.79 Å². The molecule has 22 heavy (non-hydrogen) atoms. The van der Waals surface area contributed by atoms with Crippen molar-refractivity contribution in [2.75, 3.05) is 0 Å². The van der Waals surface area contributed by atoms with Gasteiger partial charge < -0.3 is 9.73 Å². The second kappa shape index (κ2) is 5.63. The normalized spacial score (nSPS) is 18.1. The number of carbonyl (C=O) groups is 1. The Balaban J connectivity index is 1.92. The summed E-state index contributed by atoms with van der Waals surface area (Å²) in [7, 11) is 1.64. The first kappa shape index (κ1) is 14.9. The maximum Gasteiger partial charge on any atom is 0.419 e. The van der Waals surface area contributed by atoms with Crippen molar-refractivity contribution in [2.24, 2.45) is 7.05 Å². The molecule has 0 unspecified atom stereocenters. The summed E-state index contributed by atoms with van der Waals surface area (Å²) in [6.07, 6.45) is 6.73. The highest BCUT2D eigenvalue weighted by Gasteiger charge is 2.28. The van der Waals surface area contributed by atoms with Gasteiger partial charge in [-0.15, -0.1) is 0 Å². The van der Waals surface area contributed by atoms with E-state index in [1.54, 1.807) is 25.2 Å². The lowest BCUT2D eigenvalue weighted by Gasteiger charge is -2.29. The van der Waals surface area contributed by atoms with E-state index in [0.717, 1.165) is 25.7 Å². The highest BCUT2D eigenvalue weighted by molar-refractivity contribution is 6.04. The van der Waals surface area contributed by atoms with Crippen molar-refractivity contribution in [3.8, 4) is 0 Å². The van der Waals surface area contributed by atoms with Crippen LogP contribution in [0.2, 0.25) is 0 Å². The SMILES string of the molecule is Cn1c(=O)oc2c(C(=O)NC3(C)CCCCCC3)cccc21. The van der Waals surface area contributed by atoms with Gasteiger partial charge in [0.15, 0.2) is 5.58 Å². The molecule has 1 aliphatic carbocycles. The number of hydrogen-bond acceptors (Lipinski definition) is 3. The van der Waals surface area contributed by atoms with Gasteiger partial charge in [0.05, 0.1) is 11.1 Å². The molecule has 1 fully saturated rings. The van der Waals surface area contributed by atoms with Crippen molar-refractivity contribution in [2.45, 2.75) is 51.0 Å². The van der Waals surface area contributed by atoms with Crippen LogP contribution >= 0.6 is 0 Å². The molecule has 0 aliphatic heterocycles. The monoisotopic (exact) mass is 302 g/mol. The predicted molar refractivity (Wildman–Crippen MR) is 85.0 cm³/mol. The van der Waals surface area contributed by atoms with E-state index in [1.807, 2.05) is 0 Å². The van der Waals surface area contributed by atoms with E-state index in [9.17, 15) is 9.59 Å². The minimum Gasteiger partial charge on any atom is -0.407 e. The Kier molecular flexibility index (Phi) is 3.81. The fourth-order valence-corrected chi connectivity index (χ4v) is 3.30. The van der Waals surface area contributed by atoms with Crippen LogP contribution in [0.15, 0.2) is 27.4 Å². The van der Waals surface area contributed by atoms with Crippen LogP contribution in [0, 0.1) is 0 Å². The summed E-state index contributed by atoms with van der Waals surface area (Å²) in [5, 5.41) is 3.16. The number of hydrogen-bond donors (Lipinski definition) is 1. The number of rotatable bonds is 2. The Hall–Kier alpha value is -2.04. The number of benzene rings is 1. The minimum atomic E-state index is -0.448. The van der Waals surface area contributed by atoms with Crippen molar-refractivity contribution in [1.82, 2.24) is 9.88 Å². The third-order valence-corrected chi connectivity index (χ3v) is 4.69. The molecule has 0 saturated heterocycles. The summed E-state index contributed by atoms with van der Waals surface area (Å²) in [5.74, 6) is -0.611. The molecule has 0 radical (unpaired) electrons. The lowest BCUT2D eigenvalue weighted by molar-refractivity contribution is 0.0898. The number of carbonyl (C=O) groups excluding carboxylic acids is 1. The number of oxazole rings is 1. The number of fused-ring (bicyclic) bond motifs is 1. The summed E-state index contributed by atoms with van der Waals surface area (Å²) in [4.78, 5) is 24.4. The van der Waals surface area contributed by atoms with Crippen LogP contribution in [0.5, 0.6) is 0 Å². The van der Waals surface area contributed by atoms with Gasteiger partial charge in [0, 0.05) is 12.6 Å². The molecule has 5 nitrogen and oxygen atoms in total. The van der Waals surface area contributed by atoms with Crippen molar-refractivity contribution in [3.05, 3.63) is 34.3 Å². The molecule has 1 saturated carbocycles. The van der Waals surface area contributed by atoms with E-state index in [1.165, 1.54) is 17.4 Å². The fraction of sp³-hybridized carbons (Fsp3) is 0.529. The van der Waals surface area contributed by atoms with Gasteiger partial charge in [-0.05, 0) is 31.9 Å². The first-order valence-electron chi connectivity index (χ1n) is 7.91. The number of amides is 1. The van der Waals surface area contributed by atoms with Gasteiger partial charge in [-0.1, -0.05) is 31.7 Å². The van der Waals surface area contributed by atoms with E-state index in [-0.39, 0.29) is 11.4 Å². The van der Waals surface area contributed by atoms with Crippen LogP contribution in [0.1, 0.15) is 55.8 Å². The average Bonchev–Trinajstić information content (AvgIpc) is 2.65. The fourth-order valence-electron chi connectivity index (χ4n) is 3.30. The van der Waals surface area contributed by atoms with Crippen LogP contribution < -0.4 is 11.1 Å². The van der Waals surface area contributed by atoms with E-state index < -0.39 is 5.76 Å². The van der Waals surface area contributed by atoms with Crippen molar-refractivity contribution in [3.63, 3.8) is 0 Å². The maximum atomic E-state index is 12.7. The Morgan fingerprint density at radius 3 is 2.59 bits per heavy atom. The Morgan fingerprint density at radius 2 is 1.91 bits per heavy atom. The molecule has 1 N–H and O–H groups in total. The quantitative estimate of drug-likeness (QED) is 0.867. The summed E-state index contributed by atoms with van der Waals surface area (Å²) in [6, 6.07) is 5.27. The Labute approximate surface area is 129 Å². The molecule has 0 spiro atoms. The molecule has 2 aromatic rings. The van der Waals surface area contributed by atoms with Crippen LogP contribution in [0.4, 0.5) is 0 Å². The zero-order valence-electron chi connectivity index (χ0n) is 13.1. The molecular formula is C17H22N2O3. The van der Waals surface area contributed by atoms with E-state index in [0.29, 0.717) is 16.7 Å². The minimum absolute atomic E-state index is 0.163. The highest BCUT2D eigenvalue weighted by Crippen LogP contribution is 2.27. The number of nitrogens with zero attached hydrogens (tertiary/aromatic N) is 1. The molecule has 118 valence electrons. The van der Waals surface area contributed by atoms with Gasteiger partial charge in [0.1, 0.15) is 0 Å². The standard InChI is InChI=1S/C17H22N2O3/c1-17(10-5-3-4-6-11-17)18-15(20)12-8-7-9-13-14(12)22-16(21)19(13)2/h7-9H,3-6,10-11H2,1-2H3,(H,18,20). The zero-order valence-corrected chi connectivity index (χ0v) is 13.1. The lowest BCUT2D eigenvalue weighted by Crippen LogP contribution is -2.45. The van der Waals surface area contributed by atoms with Crippen LogP contribution in [0.3, 0.4) is 0 Å². The largest absolute Gasteiger partial charge is 0.419 e. The second-order valence-electron chi connectivity index (χ2n) is 6.51. The molecule has 1 aromatic heterocycles. The third kappa shape index (κ3) is 2.67. The zero-order chi connectivity index (χ0) is 15.7. The molecule has 0 bridgehead atoms. The molecule has 0 atom stereocenters. The van der Waals surface area contributed by atoms with Gasteiger partial charge in [-0.3, -0.25) is 9.36 Å².